The van der Waals surface area contributed by atoms with Crippen LogP contribution in [0.25, 0.3) is 0 Å². The van der Waals surface area contributed by atoms with Gasteiger partial charge in [0.1, 0.15) is 5.82 Å². The molecule has 1 fully saturated rings. The molecule has 0 aromatic carbocycles. The number of likely N-dealkylation sites (tertiary alicyclic amines) is 1. The van der Waals surface area contributed by atoms with Gasteiger partial charge in [0, 0.05) is 32.3 Å². The number of anilines is 1. The molecule has 1 aromatic heterocycles. The largest absolute Gasteiger partial charge is 0.370 e. The first-order valence-electron chi connectivity index (χ1n) is 8.19. The fourth-order valence-corrected chi connectivity index (χ4v) is 2.98. The highest BCUT2D eigenvalue weighted by atomic mass is 16.2. The van der Waals surface area contributed by atoms with Crippen LogP contribution < -0.4 is 5.32 Å². The number of rotatable bonds is 6. The van der Waals surface area contributed by atoms with E-state index >= 15 is 0 Å². The van der Waals surface area contributed by atoms with Crippen molar-refractivity contribution in [2.45, 2.75) is 52.5 Å². The Morgan fingerprint density at radius 2 is 2.19 bits per heavy atom. The first-order chi connectivity index (χ1) is 10.2. The van der Waals surface area contributed by atoms with Crippen molar-refractivity contribution < 1.29 is 4.79 Å². The number of carbonyl (C=O) groups is 1. The molecule has 2 heterocycles. The lowest BCUT2D eigenvalue weighted by molar-refractivity contribution is -0.131. The van der Waals surface area contributed by atoms with E-state index in [1.807, 2.05) is 17.2 Å². The number of nitrogens with one attached hydrogen (secondary N) is 1. The van der Waals surface area contributed by atoms with Gasteiger partial charge in [0.2, 0.25) is 5.91 Å². The lowest BCUT2D eigenvalue weighted by Crippen LogP contribution is -2.29. The average Bonchev–Trinajstić information content (AvgIpc) is 2.66. The maximum Gasteiger partial charge on any atom is 0.222 e. The Labute approximate surface area is 127 Å². The van der Waals surface area contributed by atoms with E-state index in [0.717, 1.165) is 43.2 Å². The highest BCUT2D eigenvalue weighted by molar-refractivity contribution is 5.76. The third-order valence-electron chi connectivity index (χ3n) is 4.18. The molecule has 1 aliphatic rings. The van der Waals surface area contributed by atoms with E-state index in [0.29, 0.717) is 18.9 Å². The zero-order valence-corrected chi connectivity index (χ0v) is 13.3. The van der Waals surface area contributed by atoms with E-state index in [9.17, 15) is 4.79 Å². The monoisotopic (exact) mass is 289 g/mol. The second kappa shape index (κ2) is 8.01. The zero-order chi connectivity index (χ0) is 15.1. The van der Waals surface area contributed by atoms with Gasteiger partial charge in [-0.3, -0.25) is 4.79 Å². The molecule has 0 aliphatic carbocycles. The molecular weight excluding hydrogens is 262 g/mol. The van der Waals surface area contributed by atoms with Crippen LogP contribution in [0.4, 0.5) is 5.82 Å². The Hall–Kier alpha value is -1.58. The van der Waals surface area contributed by atoms with Crippen LogP contribution in [0.2, 0.25) is 0 Å². The van der Waals surface area contributed by atoms with Gasteiger partial charge in [-0.25, -0.2) is 4.98 Å². The predicted molar refractivity (Wildman–Crippen MR) is 86.1 cm³/mol. The van der Waals surface area contributed by atoms with E-state index < -0.39 is 0 Å². The third kappa shape index (κ3) is 4.73. The molecule has 1 unspecified atom stereocenters. The molecule has 0 saturated carbocycles. The van der Waals surface area contributed by atoms with E-state index in [1.165, 1.54) is 12.8 Å². The van der Waals surface area contributed by atoms with Crippen LogP contribution in [0.3, 0.4) is 0 Å². The van der Waals surface area contributed by atoms with Gasteiger partial charge in [-0.1, -0.05) is 25.8 Å². The summed E-state index contributed by atoms with van der Waals surface area (Å²) >= 11 is 0. The molecular formula is C17H27N3O. The lowest BCUT2D eigenvalue weighted by atomic mass is 9.96. The Balaban J connectivity index is 1.93. The molecule has 0 radical (unpaired) electrons. The van der Waals surface area contributed by atoms with Crippen molar-refractivity contribution >= 4 is 11.7 Å². The van der Waals surface area contributed by atoms with Crippen LogP contribution in [0, 0.1) is 5.92 Å². The highest BCUT2D eigenvalue weighted by Crippen LogP contribution is 2.23. The van der Waals surface area contributed by atoms with Gasteiger partial charge in [-0.15, -0.1) is 0 Å². The van der Waals surface area contributed by atoms with Crippen molar-refractivity contribution in [2.24, 2.45) is 5.92 Å². The standard InChI is InChI=1S/C17H27N3O/c1-3-5-14-7-9-17(21)20(11-10-14)13-15-6-8-16(18-4-2)19-12-15/h6,8,12,14H,3-5,7,9-11,13H2,1-2H3,(H,18,19). The first-order valence-corrected chi connectivity index (χ1v) is 8.19. The van der Waals surface area contributed by atoms with Gasteiger partial charge in [-0.2, -0.15) is 0 Å². The van der Waals surface area contributed by atoms with Crippen molar-refractivity contribution in [3.63, 3.8) is 0 Å². The van der Waals surface area contributed by atoms with Crippen molar-refractivity contribution in [2.75, 3.05) is 18.4 Å². The summed E-state index contributed by atoms with van der Waals surface area (Å²) in [6.45, 7) is 6.73. The number of pyridine rings is 1. The Morgan fingerprint density at radius 1 is 1.33 bits per heavy atom. The lowest BCUT2D eigenvalue weighted by Gasteiger charge is -2.21. The van der Waals surface area contributed by atoms with E-state index in [4.69, 9.17) is 0 Å². The summed E-state index contributed by atoms with van der Waals surface area (Å²) in [5.74, 6) is 1.91. The van der Waals surface area contributed by atoms with Crippen molar-refractivity contribution in [3.8, 4) is 0 Å². The minimum Gasteiger partial charge on any atom is -0.370 e. The second-order valence-corrected chi connectivity index (χ2v) is 5.88. The van der Waals surface area contributed by atoms with Crippen LogP contribution in [-0.2, 0) is 11.3 Å². The van der Waals surface area contributed by atoms with E-state index in [2.05, 4.69) is 30.2 Å². The summed E-state index contributed by atoms with van der Waals surface area (Å²) in [7, 11) is 0. The second-order valence-electron chi connectivity index (χ2n) is 5.88. The maximum absolute atomic E-state index is 12.2. The molecule has 0 bridgehead atoms. The highest BCUT2D eigenvalue weighted by Gasteiger charge is 2.22. The number of aromatic nitrogens is 1. The molecule has 4 heteroatoms. The molecule has 1 aromatic rings. The number of hydrogen-bond donors (Lipinski definition) is 1. The summed E-state index contributed by atoms with van der Waals surface area (Å²) in [6, 6.07) is 4.05. The Morgan fingerprint density at radius 3 is 2.86 bits per heavy atom. The number of hydrogen-bond acceptors (Lipinski definition) is 3. The van der Waals surface area contributed by atoms with Crippen molar-refractivity contribution in [1.29, 1.82) is 0 Å². The molecule has 0 spiro atoms. The quantitative estimate of drug-likeness (QED) is 0.872. The predicted octanol–water partition coefficient (Wildman–Crippen LogP) is 3.44. The van der Waals surface area contributed by atoms with Gasteiger partial charge in [0.15, 0.2) is 0 Å². The molecule has 4 nitrogen and oxygen atoms in total. The number of nitrogens with zero attached hydrogens (tertiary/aromatic N) is 2. The molecule has 21 heavy (non-hydrogen) atoms. The molecule has 116 valence electrons. The molecule has 1 aliphatic heterocycles. The fourth-order valence-electron chi connectivity index (χ4n) is 2.98. The van der Waals surface area contributed by atoms with Gasteiger partial charge in [0.25, 0.3) is 0 Å². The van der Waals surface area contributed by atoms with Gasteiger partial charge >= 0.3 is 0 Å². The van der Waals surface area contributed by atoms with Gasteiger partial charge in [-0.05, 0) is 37.3 Å². The minimum absolute atomic E-state index is 0.296. The molecule has 1 atom stereocenters. The van der Waals surface area contributed by atoms with Gasteiger partial charge < -0.3 is 10.2 Å². The smallest absolute Gasteiger partial charge is 0.222 e. The topological polar surface area (TPSA) is 45.2 Å². The van der Waals surface area contributed by atoms with Crippen LogP contribution in [0.5, 0.6) is 0 Å². The van der Waals surface area contributed by atoms with Crippen LogP contribution in [-0.4, -0.2) is 28.9 Å². The zero-order valence-electron chi connectivity index (χ0n) is 13.3. The normalized spacial score (nSPS) is 19.4. The maximum atomic E-state index is 12.2. The molecule has 1 amide bonds. The number of amides is 1. The van der Waals surface area contributed by atoms with Crippen molar-refractivity contribution in [1.82, 2.24) is 9.88 Å². The minimum atomic E-state index is 0.296. The van der Waals surface area contributed by atoms with Gasteiger partial charge in [0.05, 0.1) is 0 Å². The molecule has 1 N–H and O–H groups in total. The van der Waals surface area contributed by atoms with Crippen LogP contribution in [0.1, 0.15) is 51.5 Å². The van der Waals surface area contributed by atoms with E-state index in [1.54, 1.807) is 0 Å². The summed E-state index contributed by atoms with van der Waals surface area (Å²) in [4.78, 5) is 18.6. The van der Waals surface area contributed by atoms with Crippen molar-refractivity contribution in [3.05, 3.63) is 23.9 Å². The summed E-state index contributed by atoms with van der Waals surface area (Å²) in [5, 5.41) is 3.19. The number of carbonyl (C=O) groups excluding carboxylic acids is 1. The third-order valence-corrected chi connectivity index (χ3v) is 4.18. The fraction of sp³-hybridized carbons (Fsp3) is 0.647. The van der Waals surface area contributed by atoms with Crippen LogP contribution in [0.15, 0.2) is 18.3 Å². The Bertz CT molecular complexity index is 444. The average molecular weight is 289 g/mol. The SMILES string of the molecule is CCCC1CCC(=O)N(Cc2ccc(NCC)nc2)CC1. The summed E-state index contributed by atoms with van der Waals surface area (Å²) < 4.78 is 0. The summed E-state index contributed by atoms with van der Waals surface area (Å²) in [5.41, 5.74) is 1.11. The Kier molecular flexibility index (Phi) is 6.03. The molecule has 2 rings (SSSR count). The molecule has 1 saturated heterocycles. The van der Waals surface area contributed by atoms with E-state index in [-0.39, 0.29) is 0 Å². The van der Waals surface area contributed by atoms with Crippen LogP contribution >= 0.6 is 0 Å². The summed E-state index contributed by atoms with van der Waals surface area (Å²) in [6.07, 6.45) is 7.24. The first kappa shape index (κ1) is 15.8.